The number of aryl methyl sites for hydroxylation is 1. The van der Waals surface area contributed by atoms with E-state index in [0.717, 1.165) is 49.3 Å². The van der Waals surface area contributed by atoms with Crippen molar-refractivity contribution in [2.24, 2.45) is 7.05 Å². The van der Waals surface area contributed by atoms with E-state index in [-0.39, 0.29) is 12.4 Å². The maximum Gasteiger partial charge on any atom is 0.317 e. The number of carboxylic acid groups (broad SMARTS) is 1. The van der Waals surface area contributed by atoms with Gasteiger partial charge in [-0.2, -0.15) is 5.10 Å². The topological polar surface area (TPSA) is 61.6 Å². The number of benzene rings is 1. The summed E-state index contributed by atoms with van der Waals surface area (Å²) in [5.41, 5.74) is 2.68. The number of piperidine rings is 1. The highest BCUT2D eigenvalue weighted by atomic mass is 19.1. The van der Waals surface area contributed by atoms with Crippen LogP contribution in [0.15, 0.2) is 30.5 Å². The monoisotopic (exact) mass is 360 g/mol. The molecule has 0 radical (unpaired) electrons. The first-order chi connectivity index (χ1) is 12.4. The second kappa shape index (κ2) is 7.97. The zero-order valence-corrected chi connectivity index (χ0v) is 15.2. The smallest absolute Gasteiger partial charge is 0.317 e. The van der Waals surface area contributed by atoms with Crippen molar-refractivity contribution in [3.05, 3.63) is 41.8 Å². The minimum absolute atomic E-state index is 0.0803. The van der Waals surface area contributed by atoms with Crippen LogP contribution in [-0.4, -0.2) is 63.4 Å². The van der Waals surface area contributed by atoms with Gasteiger partial charge in [0.15, 0.2) is 0 Å². The van der Waals surface area contributed by atoms with Crippen molar-refractivity contribution in [1.29, 1.82) is 0 Å². The lowest BCUT2D eigenvalue weighted by molar-refractivity contribution is -0.138. The number of carbonyl (C=O) groups is 1. The van der Waals surface area contributed by atoms with E-state index in [0.29, 0.717) is 6.04 Å². The number of hydrogen-bond donors (Lipinski definition) is 1. The third-order valence-corrected chi connectivity index (χ3v) is 4.96. The number of carboxylic acids is 1. The summed E-state index contributed by atoms with van der Waals surface area (Å²) in [6.07, 6.45) is 3.88. The Balaban J connectivity index is 1.65. The second-order valence-electron chi connectivity index (χ2n) is 7.00. The van der Waals surface area contributed by atoms with Gasteiger partial charge in [0, 0.05) is 37.0 Å². The van der Waals surface area contributed by atoms with Gasteiger partial charge >= 0.3 is 5.97 Å². The molecule has 1 fully saturated rings. The number of likely N-dealkylation sites (tertiary alicyclic amines) is 1. The van der Waals surface area contributed by atoms with Gasteiger partial charge in [0.1, 0.15) is 5.82 Å². The van der Waals surface area contributed by atoms with Crippen LogP contribution in [0, 0.1) is 5.82 Å². The summed E-state index contributed by atoms with van der Waals surface area (Å²) >= 11 is 0. The zero-order chi connectivity index (χ0) is 18.7. The molecule has 26 heavy (non-hydrogen) atoms. The summed E-state index contributed by atoms with van der Waals surface area (Å²) in [7, 11) is 3.75. The molecular formula is C19H25FN4O2. The number of aliphatic carboxylic acids is 1. The Morgan fingerprint density at radius 1 is 1.38 bits per heavy atom. The van der Waals surface area contributed by atoms with Gasteiger partial charge in [-0.25, -0.2) is 4.39 Å². The van der Waals surface area contributed by atoms with Crippen LogP contribution in [0.1, 0.15) is 18.4 Å². The van der Waals surface area contributed by atoms with E-state index in [9.17, 15) is 9.18 Å². The van der Waals surface area contributed by atoms with Crippen LogP contribution >= 0.6 is 0 Å². The largest absolute Gasteiger partial charge is 0.480 e. The second-order valence-corrected chi connectivity index (χ2v) is 7.00. The molecule has 2 heterocycles. The molecule has 1 aromatic heterocycles. The predicted octanol–water partition coefficient (Wildman–Crippen LogP) is 2.21. The van der Waals surface area contributed by atoms with E-state index in [1.807, 2.05) is 31.3 Å². The van der Waals surface area contributed by atoms with Gasteiger partial charge in [-0.15, -0.1) is 0 Å². The average molecular weight is 360 g/mol. The molecule has 0 aliphatic carbocycles. The Kier molecular flexibility index (Phi) is 5.68. The molecule has 0 bridgehead atoms. The fourth-order valence-electron chi connectivity index (χ4n) is 3.63. The Morgan fingerprint density at radius 2 is 2.12 bits per heavy atom. The van der Waals surface area contributed by atoms with E-state index in [2.05, 4.69) is 10.00 Å². The van der Waals surface area contributed by atoms with Crippen LogP contribution in [0.2, 0.25) is 0 Å². The van der Waals surface area contributed by atoms with E-state index in [1.165, 1.54) is 12.1 Å². The van der Waals surface area contributed by atoms with Crippen LogP contribution in [0.5, 0.6) is 0 Å². The SMILES string of the molecule is CN(CC(=O)O)C1CCN(Cc2cn(C)nc2-c2cccc(F)c2)CC1. The van der Waals surface area contributed by atoms with Crippen molar-refractivity contribution in [2.45, 2.75) is 25.4 Å². The number of nitrogens with zero attached hydrogens (tertiary/aromatic N) is 4. The van der Waals surface area contributed by atoms with Crippen molar-refractivity contribution in [1.82, 2.24) is 19.6 Å². The molecule has 7 heteroatoms. The van der Waals surface area contributed by atoms with Gasteiger partial charge in [-0.3, -0.25) is 19.3 Å². The molecule has 0 spiro atoms. The summed E-state index contributed by atoms with van der Waals surface area (Å²) in [6.45, 7) is 2.66. The van der Waals surface area contributed by atoms with Crippen LogP contribution in [0.4, 0.5) is 4.39 Å². The van der Waals surface area contributed by atoms with Gasteiger partial charge in [0.25, 0.3) is 0 Å². The van der Waals surface area contributed by atoms with Crippen molar-refractivity contribution < 1.29 is 14.3 Å². The number of rotatable bonds is 6. The van der Waals surface area contributed by atoms with Crippen molar-refractivity contribution in [3.8, 4) is 11.3 Å². The van der Waals surface area contributed by atoms with Gasteiger partial charge in [0.05, 0.1) is 12.2 Å². The maximum atomic E-state index is 13.6. The fraction of sp³-hybridized carbons (Fsp3) is 0.474. The third-order valence-electron chi connectivity index (χ3n) is 4.96. The Labute approximate surface area is 152 Å². The number of hydrogen-bond acceptors (Lipinski definition) is 4. The highest BCUT2D eigenvalue weighted by Gasteiger charge is 2.24. The summed E-state index contributed by atoms with van der Waals surface area (Å²) in [6, 6.07) is 6.83. The highest BCUT2D eigenvalue weighted by Crippen LogP contribution is 2.25. The van der Waals surface area contributed by atoms with E-state index in [4.69, 9.17) is 5.11 Å². The Morgan fingerprint density at radius 3 is 2.77 bits per heavy atom. The standard InChI is InChI=1S/C19H25FN4O2/c1-22(13-18(25)26)17-6-8-24(9-7-17)12-15-11-23(2)21-19(15)14-4-3-5-16(20)10-14/h3-5,10-11,17H,6-9,12-13H2,1-2H3,(H,25,26). The third kappa shape index (κ3) is 4.47. The Bertz CT molecular complexity index is 769. The van der Waals surface area contributed by atoms with Crippen molar-refractivity contribution in [2.75, 3.05) is 26.7 Å². The summed E-state index contributed by atoms with van der Waals surface area (Å²) < 4.78 is 15.3. The molecular weight excluding hydrogens is 335 g/mol. The quantitative estimate of drug-likeness (QED) is 0.856. The first kappa shape index (κ1) is 18.5. The predicted molar refractivity (Wildman–Crippen MR) is 97.2 cm³/mol. The van der Waals surface area contributed by atoms with Gasteiger partial charge in [0.2, 0.25) is 0 Å². The van der Waals surface area contributed by atoms with Crippen LogP contribution in [0.3, 0.4) is 0 Å². The zero-order valence-electron chi connectivity index (χ0n) is 15.2. The molecule has 3 rings (SSSR count). The normalized spacial score (nSPS) is 16.3. The Hall–Kier alpha value is -2.25. The van der Waals surface area contributed by atoms with Crippen molar-refractivity contribution >= 4 is 5.97 Å². The lowest BCUT2D eigenvalue weighted by atomic mass is 10.0. The van der Waals surface area contributed by atoms with E-state index >= 15 is 0 Å². The molecule has 2 aromatic rings. The first-order valence-corrected chi connectivity index (χ1v) is 8.85. The molecule has 140 valence electrons. The molecule has 0 saturated carbocycles. The highest BCUT2D eigenvalue weighted by molar-refractivity contribution is 5.69. The lowest BCUT2D eigenvalue weighted by Crippen LogP contribution is -2.44. The molecule has 1 N–H and O–H groups in total. The minimum atomic E-state index is -0.787. The molecule has 6 nitrogen and oxygen atoms in total. The summed E-state index contributed by atoms with van der Waals surface area (Å²) in [5, 5.41) is 13.4. The summed E-state index contributed by atoms with van der Waals surface area (Å²) in [4.78, 5) is 15.1. The summed E-state index contributed by atoms with van der Waals surface area (Å²) in [5.74, 6) is -1.05. The molecule has 1 aliphatic rings. The van der Waals surface area contributed by atoms with Crippen LogP contribution < -0.4 is 0 Å². The maximum absolute atomic E-state index is 13.6. The van der Waals surface area contributed by atoms with Crippen molar-refractivity contribution in [3.63, 3.8) is 0 Å². The molecule has 0 unspecified atom stereocenters. The van der Waals surface area contributed by atoms with Crippen LogP contribution in [-0.2, 0) is 18.4 Å². The number of halogens is 1. The van der Waals surface area contributed by atoms with E-state index < -0.39 is 5.97 Å². The fourth-order valence-corrected chi connectivity index (χ4v) is 3.63. The number of aromatic nitrogens is 2. The number of likely N-dealkylation sites (N-methyl/N-ethyl adjacent to an activating group) is 1. The molecule has 0 amide bonds. The lowest BCUT2D eigenvalue weighted by Gasteiger charge is -2.36. The molecule has 0 atom stereocenters. The molecule has 1 aromatic carbocycles. The minimum Gasteiger partial charge on any atom is -0.480 e. The molecule has 1 saturated heterocycles. The average Bonchev–Trinajstić information content (AvgIpc) is 2.95. The van der Waals surface area contributed by atoms with Gasteiger partial charge in [-0.1, -0.05) is 12.1 Å². The molecule has 1 aliphatic heterocycles. The van der Waals surface area contributed by atoms with Gasteiger partial charge < -0.3 is 5.11 Å². The van der Waals surface area contributed by atoms with E-state index in [1.54, 1.807) is 10.7 Å². The van der Waals surface area contributed by atoms with Crippen LogP contribution in [0.25, 0.3) is 11.3 Å². The first-order valence-electron chi connectivity index (χ1n) is 8.85. The van der Waals surface area contributed by atoms with Gasteiger partial charge in [-0.05, 0) is 45.1 Å².